The molecule has 0 N–H and O–H groups in total. The minimum absolute atomic E-state index is 0.465. The predicted molar refractivity (Wildman–Crippen MR) is 283 cm³/mol. The first-order chi connectivity index (χ1) is 34.2. The van der Waals surface area contributed by atoms with E-state index in [4.69, 9.17) is 4.74 Å². The lowest BCUT2D eigenvalue weighted by Crippen LogP contribution is -2.32. The molecular weight excluding hydrogens is 855 g/mol. The number of benzene rings is 11. The van der Waals surface area contributed by atoms with Crippen LogP contribution in [-0.2, 0) is 10.8 Å². The van der Waals surface area contributed by atoms with Gasteiger partial charge in [0.25, 0.3) is 0 Å². The molecule has 3 heteroatoms. The number of hydrogen-bond donors (Lipinski definition) is 0. The van der Waals surface area contributed by atoms with Crippen LogP contribution in [0, 0.1) is 0 Å². The van der Waals surface area contributed by atoms with Crippen LogP contribution in [0.15, 0.2) is 259 Å². The van der Waals surface area contributed by atoms with Crippen LogP contribution in [0.3, 0.4) is 0 Å². The molecule has 2 heterocycles. The van der Waals surface area contributed by atoms with Crippen LogP contribution >= 0.6 is 11.8 Å². The first kappa shape index (κ1) is 38.7. The number of nitrogens with zero attached hydrogens (tertiary/aromatic N) is 1. The van der Waals surface area contributed by atoms with Gasteiger partial charge in [-0.1, -0.05) is 200 Å². The highest BCUT2D eigenvalue weighted by molar-refractivity contribution is 7.99. The molecular formula is C66H41NOS. The van der Waals surface area contributed by atoms with Gasteiger partial charge in [0.1, 0.15) is 11.5 Å². The summed E-state index contributed by atoms with van der Waals surface area (Å²) >= 11 is 1.89. The van der Waals surface area contributed by atoms with Gasteiger partial charge in [0.2, 0.25) is 0 Å². The van der Waals surface area contributed by atoms with E-state index in [-0.39, 0.29) is 0 Å². The molecule has 0 aromatic heterocycles. The van der Waals surface area contributed by atoms with Crippen molar-refractivity contribution < 1.29 is 4.74 Å². The minimum Gasteiger partial charge on any atom is -0.457 e. The second-order valence-corrected chi connectivity index (χ2v) is 19.7. The van der Waals surface area contributed by atoms with E-state index >= 15 is 0 Å². The van der Waals surface area contributed by atoms with Gasteiger partial charge < -0.3 is 9.64 Å². The Morgan fingerprint density at radius 1 is 0.319 bits per heavy atom. The van der Waals surface area contributed by atoms with E-state index in [1.807, 2.05) is 11.8 Å². The molecule has 0 saturated carbocycles. The van der Waals surface area contributed by atoms with Gasteiger partial charge in [-0.2, -0.15) is 0 Å². The third-order valence-corrected chi connectivity index (χ3v) is 16.5. The molecule has 322 valence electrons. The Kier molecular flexibility index (Phi) is 8.17. The molecule has 69 heavy (non-hydrogen) atoms. The van der Waals surface area contributed by atoms with Crippen LogP contribution in [0.25, 0.3) is 44.2 Å². The number of fused-ring (bicyclic) bond motifs is 19. The molecule has 2 spiro atoms. The van der Waals surface area contributed by atoms with Gasteiger partial charge >= 0.3 is 0 Å². The third kappa shape index (κ3) is 5.17. The Balaban J connectivity index is 1.03. The van der Waals surface area contributed by atoms with E-state index in [0.717, 1.165) is 45.3 Å². The zero-order valence-corrected chi connectivity index (χ0v) is 38.3. The maximum atomic E-state index is 6.75. The van der Waals surface area contributed by atoms with Crippen molar-refractivity contribution in [1.82, 2.24) is 0 Å². The van der Waals surface area contributed by atoms with Crippen LogP contribution in [0.5, 0.6) is 11.5 Å². The standard InChI is InChI=1S/C66H41NOS/c1-2-19-42(20-3-1)45-22-6-13-31-59(45)67(44-37-38-48-46-23-4-7-25-51(46)65(58(48)40-44)53-27-9-14-33-61(53)68-62-34-15-10-28-54(62)65)60-32-18-21-43-39-57-50(41-49(43)60)47-24-5-8-26-52(47)66(57)55-29-11-16-35-63(55)69-64-36-17-12-30-56(64)66/h1-41H. The molecule has 0 radical (unpaired) electrons. The van der Waals surface area contributed by atoms with E-state index < -0.39 is 10.8 Å². The fraction of sp³-hybridized carbons (Fsp3) is 0.0303. The average Bonchev–Trinajstić information content (AvgIpc) is 3.86. The van der Waals surface area contributed by atoms with Gasteiger partial charge in [-0.15, -0.1) is 0 Å². The Bertz CT molecular complexity index is 3850. The second kappa shape index (κ2) is 14.6. The average molecular weight is 896 g/mol. The first-order valence-electron chi connectivity index (χ1n) is 23.8. The fourth-order valence-electron chi connectivity index (χ4n) is 12.7. The van der Waals surface area contributed by atoms with Crippen molar-refractivity contribution in [2.24, 2.45) is 0 Å². The van der Waals surface area contributed by atoms with Crippen molar-refractivity contribution in [2.45, 2.75) is 20.6 Å². The van der Waals surface area contributed by atoms with Gasteiger partial charge in [0.05, 0.1) is 22.2 Å². The van der Waals surface area contributed by atoms with Gasteiger partial charge in [0, 0.05) is 37.6 Å². The molecule has 0 bridgehead atoms. The summed E-state index contributed by atoms with van der Waals surface area (Å²) in [7, 11) is 0. The lowest BCUT2D eigenvalue weighted by Gasteiger charge is -2.40. The van der Waals surface area contributed by atoms with Crippen LogP contribution < -0.4 is 9.64 Å². The Morgan fingerprint density at radius 2 is 0.812 bits per heavy atom. The summed E-state index contributed by atoms with van der Waals surface area (Å²) in [5.41, 5.74) is 19.8. The summed E-state index contributed by atoms with van der Waals surface area (Å²) < 4.78 is 6.75. The van der Waals surface area contributed by atoms with Gasteiger partial charge in [0.15, 0.2) is 0 Å². The zero-order chi connectivity index (χ0) is 45.3. The van der Waals surface area contributed by atoms with Gasteiger partial charge in [-0.25, -0.2) is 0 Å². The molecule has 0 unspecified atom stereocenters. The summed E-state index contributed by atoms with van der Waals surface area (Å²) in [6.45, 7) is 0. The zero-order valence-electron chi connectivity index (χ0n) is 37.4. The van der Waals surface area contributed by atoms with Crippen molar-refractivity contribution in [3.63, 3.8) is 0 Å². The van der Waals surface area contributed by atoms with Crippen molar-refractivity contribution in [3.05, 3.63) is 293 Å². The van der Waals surface area contributed by atoms with E-state index in [9.17, 15) is 0 Å². The third-order valence-electron chi connectivity index (χ3n) is 15.4. The van der Waals surface area contributed by atoms with E-state index in [2.05, 4.69) is 254 Å². The molecule has 0 atom stereocenters. The smallest absolute Gasteiger partial charge is 0.132 e. The van der Waals surface area contributed by atoms with Crippen LogP contribution in [0.1, 0.15) is 44.5 Å². The molecule has 0 fully saturated rings. The number of ether oxygens (including phenoxy) is 1. The highest BCUT2D eigenvalue weighted by Crippen LogP contribution is 2.65. The van der Waals surface area contributed by atoms with Crippen LogP contribution in [-0.4, -0.2) is 0 Å². The molecule has 11 aromatic carbocycles. The summed E-state index contributed by atoms with van der Waals surface area (Å²) in [4.78, 5) is 5.15. The van der Waals surface area contributed by atoms with Crippen molar-refractivity contribution in [1.29, 1.82) is 0 Å². The molecule has 2 aliphatic carbocycles. The molecule has 11 aromatic rings. The number of anilines is 3. The topological polar surface area (TPSA) is 12.5 Å². The quantitative estimate of drug-likeness (QED) is 0.175. The van der Waals surface area contributed by atoms with E-state index in [0.29, 0.717) is 0 Å². The number of hydrogen-bond acceptors (Lipinski definition) is 3. The van der Waals surface area contributed by atoms with Crippen LogP contribution in [0.2, 0.25) is 0 Å². The summed E-state index contributed by atoms with van der Waals surface area (Å²) in [6.07, 6.45) is 0. The number of para-hydroxylation sites is 3. The molecule has 2 aliphatic heterocycles. The van der Waals surface area contributed by atoms with Crippen molar-refractivity contribution in [3.8, 4) is 44.9 Å². The Hall–Kier alpha value is -8.37. The van der Waals surface area contributed by atoms with E-state index in [1.165, 1.54) is 81.8 Å². The van der Waals surface area contributed by atoms with Crippen molar-refractivity contribution >= 4 is 39.6 Å². The normalized spacial score (nSPS) is 14.4. The SMILES string of the molecule is c1ccc(-c2ccccc2N(c2ccc3c(c2)C2(c4ccccc4Oc4ccccc42)c2ccccc2-3)c2cccc3cc4c(cc23)-c2ccccc2C42c3ccccc3Sc3ccccc32)cc1. The molecule has 0 amide bonds. The van der Waals surface area contributed by atoms with E-state index in [1.54, 1.807) is 0 Å². The minimum atomic E-state index is -0.611. The van der Waals surface area contributed by atoms with Gasteiger partial charge in [-0.05, 0) is 127 Å². The maximum absolute atomic E-state index is 6.75. The lowest BCUT2D eigenvalue weighted by atomic mass is 9.66. The Labute approximate surface area is 405 Å². The van der Waals surface area contributed by atoms with Crippen LogP contribution in [0.4, 0.5) is 17.1 Å². The first-order valence-corrected chi connectivity index (χ1v) is 24.6. The monoisotopic (exact) mass is 895 g/mol. The highest BCUT2D eigenvalue weighted by Gasteiger charge is 2.52. The largest absolute Gasteiger partial charge is 0.457 e. The highest BCUT2D eigenvalue weighted by atomic mass is 32.2. The lowest BCUT2D eigenvalue weighted by molar-refractivity contribution is 0.436. The van der Waals surface area contributed by atoms with Gasteiger partial charge in [-0.3, -0.25) is 0 Å². The Morgan fingerprint density at radius 3 is 1.49 bits per heavy atom. The summed E-state index contributed by atoms with van der Waals surface area (Å²) in [5.74, 6) is 1.77. The van der Waals surface area contributed by atoms with Crippen molar-refractivity contribution in [2.75, 3.05) is 4.90 Å². The molecule has 2 nitrogen and oxygen atoms in total. The molecule has 0 saturated heterocycles. The molecule has 15 rings (SSSR count). The summed E-state index contributed by atoms with van der Waals surface area (Å²) in [5, 5.41) is 2.39. The second-order valence-electron chi connectivity index (χ2n) is 18.6. The molecule has 4 aliphatic rings. The maximum Gasteiger partial charge on any atom is 0.132 e. The fourth-order valence-corrected chi connectivity index (χ4v) is 13.9. The number of rotatable bonds is 4. The predicted octanol–water partition coefficient (Wildman–Crippen LogP) is 17.3. The summed E-state index contributed by atoms with van der Waals surface area (Å²) in [6, 6.07) is 92.4.